The number of hydrogen-bond acceptors (Lipinski definition) is 3. The van der Waals surface area contributed by atoms with Crippen LogP contribution >= 0.6 is 0 Å². The largest absolute Gasteiger partial charge is 0.382 e. The smallest absolute Gasteiger partial charge is 0.0700 e. The lowest BCUT2D eigenvalue weighted by molar-refractivity contribution is 0.0665. The van der Waals surface area contributed by atoms with Crippen molar-refractivity contribution in [3.05, 3.63) is 0 Å². The maximum atomic E-state index is 5.55. The Bertz CT molecular complexity index is 234. The van der Waals surface area contributed by atoms with Crippen molar-refractivity contribution in [2.45, 2.75) is 44.7 Å². The van der Waals surface area contributed by atoms with Crippen molar-refractivity contribution in [1.29, 1.82) is 0 Å². The Morgan fingerprint density at radius 2 is 2.00 bits per heavy atom. The molecule has 4 atom stereocenters. The van der Waals surface area contributed by atoms with Crippen LogP contribution in [0.15, 0.2) is 0 Å². The highest BCUT2D eigenvalue weighted by atomic mass is 16.5. The highest BCUT2D eigenvalue weighted by Gasteiger charge is 2.46. The summed E-state index contributed by atoms with van der Waals surface area (Å²) in [5.41, 5.74) is 0. The molecule has 1 saturated heterocycles. The van der Waals surface area contributed by atoms with Gasteiger partial charge in [-0.05, 0) is 51.5 Å². The Labute approximate surface area is 105 Å². The van der Waals surface area contributed by atoms with Crippen LogP contribution in [-0.2, 0) is 9.47 Å². The summed E-state index contributed by atoms with van der Waals surface area (Å²) in [4.78, 5) is 2.59. The molecule has 3 heteroatoms. The fourth-order valence-corrected chi connectivity index (χ4v) is 3.22. The van der Waals surface area contributed by atoms with Gasteiger partial charge in [0.1, 0.15) is 0 Å². The van der Waals surface area contributed by atoms with Crippen molar-refractivity contribution in [1.82, 2.24) is 4.90 Å². The molecule has 2 aliphatic rings. The molecule has 2 rings (SSSR count). The van der Waals surface area contributed by atoms with E-state index < -0.39 is 0 Å². The van der Waals surface area contributed by atoms with Gasteiger partial charge in [0, 0.05) is 25.8 Å². The Balaban J connectivity index is 1.58. The zero-order chi connectivity index (χ0) is 12.3. The van der Waals surface area contributed by atoms with E-state index in [2.05, 4.69) is 18.9 Å². The molecule has 0 N–H and O–H groups in total. The van der Waals surface area contributed by atoms with Gasteiger partial charge in [-0.15, -0.1) is 0 Å². The zero-order valence-electron chi connectivity index (χ0n) is 11.5. The van der Waals surface area contributed by atoms with Gasteiger partial charge in [-0.1, -0.05) is 0 Å². The predicted molar refractivity (Wildman–Crippen MR) is 69.2 cm³/mol. The molecular weight excluding hydrogens is 214 g/mol. The fourth-order valence-electron chi connectivity index (χ4n) is 3.22. The second kappa shape index (κ2) is 6.17. The minimum atomic E-state index is 0.719. The molecule has 1 saturated carbocycles. The van der Waals surface area contributed by atoms with Crippen LogP contribution in [0.3, 0.4) is 0 Å². The van der Waals surface area contributed by atoms with Gasteiger partial charge in [-0.3, -0.25) is 0 Å². The number of hydrogen-bond donors (Lipinski definition) is 0. The molecule has 0 spiro atoms. The predicted octanol–water partition coefficient (Wildman–Crippen LogP) is 2.16. The van der Waals surface area contributed by atoms with E-state index in [1.54, 1.807) is 7.11 Å². The SMILES string of the molecule is COCCOCCC1CC1[C@@H]1CCC(C)N1C. The lowest BCUT2D eigenvalue weighted by Crippen LogP contribution is -2.32. The lowest BCUT2D eigenvalue weighted by Gasteiger charge is -2.23. The minimum Gasteiger partial charge on any atom is -0.382 e. The molecule has 0 aromatic rings. The first-order valence-electron chi connectivity index (χ1n) is 7.02. The van der Waals surface area contributed by atoms with Crippen molar-refractivity contribution in [3.63, 3.8) is 0 Å². The van der Waals surface area contributed by atoms with Crippen molar-refractivity contribution >= 4 is 0 Å². The zero-order valence-corrected chi connectivity index (χ0v) is 11.5. The highest BCUT2D eigenvalue weighted by Crippen LogP contribution is 2.48. The van der Waals surface area contributed by atoms with Crippen LogP contribution in [0.2, 0.25) is 0 Å². The Hall–Kier alpha value is -0.120. The van der Waals surface area contributed by atoms with Crippen LogP contribution in [0.4, 0.5) is 0 Å². The average Bonchev–Trinajstić information content (AvgIpc) is 3.01. The third-order valence-corrected chi connectivity index (χ3v) is 4.63. The average molecular weight is 241 g/mol. The number of methoxy groups -OCH3 is 1. The fraction of sp³-hybridized carbons (Fsp3) is 1.00. The number of ether oxygens (including phenoxy) is 2. The quantitative estimate of drug-likeness (QED) is 0.638. The Morgan fingerprint density at radius 3 is 2.65 bits per heavy atom. The molecule has 3 unspecified atom stereocenters. The van der Waals surface area contributed by atoms with Gasteiger partial charge < -0.3 is 14.4 Å². The Morgan fingerprint density at radius 1 is 1.18 bits per heavy atom. The third-order valence-electron chi connectivity index (χ3n) is 4.63. The maximum Gasteiger partial charge on any atom is 0.0700 e. The summed E-state index contributed by atoms with van der Waals surface area (Å²) in [5, 5.41) is 0. The second-order valence-electron chi connectivity index (χ2n) is 5.71. The van der Waals surface area contributed by atoms with Crippen molar-refractivity contribution in [2.75, 3.05) is 34.0 Å². The van der Waals surface area contributed by atoms with Crippen molar-refractivity contribution in [3.8, 4) is 0 Å². The van der Waals surface area contributed by atoms with Gasteiger partial charge in [-0.2, -0.15) is 0 Å². The monoisotopic (exact) mass is 241 g/mol. The summed E-state index contributed by atoms with van der Waals surface area (Å²) in [7, 11) is 4.02. The number of nitrogens with zero attached hydrogens (tertiary/aromatic N) is 1. The third kappa shape index (κ3) is 3.43. The second-order valence-corrected chi connectivity index (χ2v) is 5.71. The van der Waals surface area contributed by atoms with Gasteiger partial charge in [0.25, 0.3) is 0 Å². The molecule has 0 radical (unpaired) electrons. The molecule has 0 amide bonds. The van der Waals surface area contributed by atoms with E-state index in [1.165, 1.54) is 25.7 Å². The molecule has 0 bridgehead atoms. The van der Waals surface area contributed by atoms with Crippen molar-refractivity contribution < 1.29 is 9.47 Å². The van der Waals surface area contributed by atoms with E-state index in [9.17, 15) is 0 Å². The van der Waals surface area contributed by atoms with Crippen LogP contribution < -0.4 is 0 Å². The molecule has 100 valence electrons. The standard InChI is InChI=1S/C14H27NO2/c1-11-4-5-14(15(11)2)13-10-12(13)6-7-17-9-8-16-3/h11-14H,4-10H2,1-3H3/t11?,12?,13?,14-/m0/s1. The van der Waals surface area contributed by atoms with E-state index in [0.29, 0.717) is 0 Å². The van der Waals surface area contributed by atoms with E-state index in [4.69, 9.17) is 9.47 Å². The summed E-state index contributed by atoms with van der Waals surface area (Å²) in [6.45, 7) is 4.73. The highest BCUT2D eigenvalue weighted by molar-refractivity contribution is 4.99. The number of likely N-dealkylation sites (tertiary alicyclic amines) is 1. The first-order valence-corrected chi connectivity index (χ1v) is 7.02. The van der Waals surface area contributed by atoms with Crippen LogP contribution in [0.25, 0.3) is 0 Å². The van der Waals surface area contributed by atoms with E-state index >= 15 is 0 Å². The van der Waals surface area contributed by atoms with Crippen molar-refractivity contribution in [2.24, 2.45) is 11.8 Å². The summed E-state index contributed by atoms with van der Waals surface area (Å²) < 4.78 is 10.5. The molecule has 1 aliphatic carbocycles. The van der Waals surface area contributed by atoms with Gasteiger partial charge in [0.05, 0.1) is 13.2 Å². The molecule has 1 aliphatic heterocycles. The molecule has 0 aromatic heterocycles. The molecule has 3 nitrogen and oxygen atoms in total. The molecule has 0 aromatic carbocycles. The van der Waals surface area contributed by atoms with Crippen LogP contribution in [0.5, 0.6) is 0 Å². The van der Waals surface area contributed by atoms with E-state index in [1.807, 2.05) is 0 Å². The maximum absolute atomic E-state index is 5.55. The topological polar surface area (TPSA) is 21.7 Å². The van der Waals surface area contributed by atoms with Gasteiger partial charge in [-0.25, -0.2) is 0 Å². The van der Waals surface area contributed by atoms with E-state index in [-0.39, 0.29) is 0 Å². The molecule has 2 fully saturated rings. The lowest BCUT2D eigenvalue weighted by atomic mass is 10.1. The van der Waals surface area contributed by atoms with Crippen LogP contribution in [0, 0.1) is 11.8 Å². The first kappa shape index (κ1) is 13.3. The summed E-state index contributed by atoms with van der Waals surface area (Å²) in [6, 6.07) is 1.65. The van der Waals surface area contributed by atoms with Crippen LogP contribution in [-0.4, -0.2) is 51.0 Å². The first-order chi connectivity index (χ1) is 8.24. The summed E-state index contributed by atoms with van der Waals surface area (Å²) >= 11 is 0. The molecule has 17 heavy (non-hydrogen) atoms. The minimum absolute atomic E-state index is 0.719. The summed E-state index contributed by atoms with van der Waals surface area (Å²) in [6.07, 6.45) is 5.46. The molecule has 1 heterocycles. The van der Waals surface area contributed by atoms with Crippen LogP contribution in [0.1, 0.15) is 32.6 Å². The van der Waals surface area contributed by atoms with Gasteiger partial charge in [0.2, 0.25) is 0 Å². The van der Waals surface area contributed by atoms with Gasteiger partial charge >= 0.3 is 0 Å². The Kier molecular flexibility index (Phi) is 4.83. The normalized spacial score (nSPS) is 37.6. The molecular formula is C14H27NO2. The number of rotatable bonds is 7. The summed E-state index contributed by atoms with van der Waals surface area (Å²) in [5.74, 6) is 1.88. The van der Waals surface area contributed by atoms with Gasteiger partial charge in [0.15, 0.2) is 0 Å². The van der Waals surface area contributed by atoms with E-state index in [0.717, 1.165) is 43.7 Å².